The molecule has 1 N–H and O–H groups in total. The van der Waals surface area contributed by atoms with E-state index in [4.69, 9.17) is 11.6 Å². The highest BCUT2D eigenvalue weighted by atomic mass is 79.9. The molecule has 0 aromatic heterocycles. The van der Waals surface area contributed by atoms with Gasteiger partial charge in [-0.2, -0.15) is 0 Å². The number of carbonyl (C=O) groups excluding carboxylic acids is 1. The van der Waals surface area contributed by atoms with E-state index in [-0.39, 0.29) is 11.9 Å². The van der Waals surface area contributed by atoms with Crippen LogP contribution in [0.15, 0.2) is 28.7 Å². The summed E-state index contributed by atoms with van der Waals surface area (Å²) < 4.78 is 1.01. The van der Waals surface area contributed by atoms with E-state index in [1.165, 1.54) is 0 Å². The van der Waals surface area contributed by atoms with Crippen molar-refractivity contribution in [3.05, 3.63) is 34.3 Å². The Morgan fingerprint density at radius 2 is 2.33 bits per heavy atom. The molecule has 1 aromatic carbocycles. The van der Waals surface area contributed by atoms with Crippen molar-refractivity contribution < 1.29 is 4.79 Å². The fourth-order valence-corrected chi connectivity index (χ4v) is 1.85. The molecule has 0 fully saturated rings. The standard InChI is InChI=1S/C11H13BrClNO/c1-8(14-11(15)5-6-13)9-3-2-4-10(12)7-9/h2-4,7-8H,5-6H2,1H3,(H,14,15)/t8-/m1/s1. The van der Waals surface area contributed by atoms with Crippen LogP contribution < -0.4 is 5.32 Å². The Bertz CT molecular complexity index is 343. The Morgan fingerprint density at radius 1 is 1.60 bits per heavy atom. The summed E-state index contributed by atoms with van der Waals surface area (Å²) in [7, 11) is 0. The number of nitrogens with one attached hydrogen (secondary N) is 1. The Balaban J connectivity index is 2.60. The minimum absolute atomic E-state index is 0.0122. The van der Waals surface area contributed by atoms with Crippen LogP contribution in [0, 0.1) is 0 Å². The number of halogens is 2. The summed E-state index contributed by atoms with van der Waals surface area (Å²) in [5.74, 6) is 0.342. The van der Waals surface area contributed by atoms with Crippen molar-refractivity contribution in [1.82, 2.24) is 5.32 Å². The Kier molecular flexibility index (Phi) is 5.12. The molecule has 0 saturated carbocycles. The van der Waals surface area contributed by atoms with Gasteiger partial charge in [-0.1, -0.05) is 28.1 Å². The highest BCUT2D eigenvalue weighted by molar-refractivity contribution is 9.10. The third-order valence-corrected chi connectivity index (χ3v) is 2.73. The fourth-order valence-electron chi connectivity index (χ4n) is 1.26. The minimum atomic E-state index is -0.0162. The second kappa shape index (κ2) is 6.13. The molecule has 1 rings (SSSR count). The maximum atomic E-state index is 11.3. The van der Waals surface area contributed by atoms with Gasteiger partial charge in [0.05, 0.1) is 6.04 Å². The third kappa shape index (κ3) is 4.22. The zero-order chi connectivity index (χ0) is 11.3. The number of hydrogen-bond donors (Lipinski definition) is 1. The summed E-state index contributed by atoms with van der Waals surface area (Å²) >= 11 is 8.88. The predicted molar refractivity (Wildman–Crippen MR) is 66.0 cm³/mol. The smallest absolute Gasteiger partial charge is 0.221 e. The zero-order valence-electron chi connectivity index (χ0n) is 8.47. The SMILES string of the molecule is C[C@@H](NC(=O)CCCl)c1cccc(Br)c1. The summed E-state index contributed by atoms with van der Waals surface area (Å²) in [6, 6.07) is 7.89. The van der Waals surface area contributed by atoms with Crippen LogP contribution in [0.2, 0.25) is 0 Å². The molecular formula is C11H13BrClNO. The maximum absolute atomic E-state index is 11.3. The van der Waals surface area contributed by atoms with Crippen LogP contribution in [0.4, 0.5) is 0 Å². The van der Waals surface area contributed by atoms with Gasteiger partial charge in [0, 0.05) is 16.8 Å². The van der Waals surface area contributed by atoms with Crippen LogP contribution in [0.5, 0.6) is 0 Å². The molecule has 1 amide bonds. The predicted octanol–water partition coefficient (Wildman–Crippen LogP) is 3.26. The second-order valence-corrected chi connectivity index (χ2v) is 4.58. The molecule has 0 bridgehead atoms. The van der Waals surface area contributed by atoms with Gasteiger partial charge in [0.1, 0.15) is 0 Å². The molecule has 2 nitrogen and oxygen atoms in total. The van der Waals surface area contributed by atoms with Crippen molar-refractivity contribution in [2.75, 3.05) is 5.88 Å². The van der Waals surface area contributed by atoms with E-state index in [0.717, 1.165) is 10.0 Å². The van der Waals surface area contributed by atoms with E-state index in [1.54, 1.807) is 0 Å². The molecule has 1 aromatic rings. The molecule has 1 atom stereocenters. The molecule has 0 saturated heterocycles. The number of hydrogen-bond acceptors (Lipinski definition) is 1. The van der Waals surface area contributed by atoms with Crippen molar-refractivity contribution >= 4 is 33.4 Å². The largest absolute Gasteiger partial charge is 0.350 e. The zero-order valence-corrected chi connectivity index (χ0v) is 10.8. The minimum Gasteiger partial charge on any atom is -0.350 e. The average molecular weight is 291 g/mol. The average Bonchev–Trinajstić information content (AvgIpc) is 2.18. The number of benzene rings is 1. The molecule has 0 aliphatic heterocycles. The van der Waals surface area contributed by atoms with E-state index in [0.29, 0.717) is 12.3 Å². The number of amides is 1. The molecule has 0 unspecified atom stereocenters. The summed E-state index contributed by atoms with van der Waals surface area (Å²) in [5.41, 5.74) is 1.08. The van der Waals surface area contributed by atoms with Crippen molar-refractivity contribution in [2.45, 2.75) is 19.4 Å². The van der Waals surface area contributed by atoms with Crippen LogP contribution in [0.3, 0.4) is 0 Å². The van der Waals surface area contributed by atoms with Gasteiger partial charge < -0.3 is 5.32 Å². The van der Waals surface area contributed by atoms with E-state index in [2.05, 4.69) is 21.2 Å². The second-order valence-electron chi connectivity index (χ2n) is 3.28. The fraction of sp³-hybridized carbons (Fsp3) is 0.364. The van der Waals surface area contributed by atoms with Gasteiger partial charge in [-0.05, 0) is 24.6 Å². The maximum Gasteiger partial charge on any atom is 0.221 e. The highest BCUT2D eigenvalue weighted by Crippen LogP contribution is 2.17. The lowest BCUT2D eigenvalue weighted by Gasteiger charge is -2.14. The van der Waals surface area contributed by atoms with Crippen LogP contribution in [-0.4, -0.2) is 11.8 Å². The topological polar surface area (TPSA) is 29.1 Å². The monoisotopic (exact) mass is 289 g/mol. The van der Waals surface area contributed by atoms with Crippen LogP contribution in [-0.2, 0) is 4.79 Å². The van der Waals surface area contributed by atoms with Gasteiger partial charge in [-0.3, -0.25) is 4.79 Å². The van der Waals surface area contributed by atoms with Crippen LogP contribution >= 0.6 is 27.5 Å². The lowest BCUT2D eigenvalue weighted by Crippen LogP contribution is -2.26. The van der Waals surface area contributed by atoms with Crippen molar-refractivity contribution in [3.63, 3.8) is 0 Å². The summed E-state index contributed by atoms with van der Waals surface area (Å²) in [4.78, 5) is 11.3. The first-order valence-electron chi connectivity index (χ1n) is 4.74. The normalized spacial score (nSPS) is 12.2. The summed E-state index contributed by atoms with van der Waals surface area (Å²) in [5, 5.41) is 2.88. The molecule has 0 heterocycles. The van der Waals surface area contributed by atoms with Crippen LogP contribution in [0.1, 0.15) is 24.9 Å². The molecular weight excluding hydrogens is 277 g/mol. The molecule has 15 heavy (non-hydrogen) atoms. The Hall–Kier alpha value is -0.540. The number of rotatable bonds is 4. The molecule has 0 aliphatic rings. The van der Waals surface area contributed by atoms with E-state index in [9.17, 15) is 4.79 Å². The van der Waals surface area contributed by atoms with Gasteiger partial charge in [-0.15, -0.1) is 11.6 Å². The van der Waals surface area contributed by atoms with Gasteiger partial charge in [-0.25, -0.2) is 0 Å². The molecule has 0 aliphatic carbocycles. The first-order valence-corrected chi connectivity index (χ1v) is 6.07. The molecule has 0 spiro atoms. The quantitative estimate of drug-likeness (QED) is 0.847. The lowest BCUT2D eigenvalue weighted by molar-refractivity contribution is -0.121. The van der Waals surface area contributed by atoms with Crippen molar-refractivity contribution in [3.8, 4) is 0 Å². The summed E-state index contributed by atoms with van der Waals surface area (Å²) in [6.07, 6.45) is 0.361. The molecule has 4 heteroatoms. The van der Waals surface area contributed by atoms with Crippen LogP contribution in [0.25, 0.3) is 0 Å². The molecule has 82 valence electrons. The summed E-state index contributed by atoms with van der Waals surface area (Å²) in [6.45, 7) is 1.95. The van der Waals surface area contributed by atoms with E-state index >= 15 is 0 Å². The first kappa shape index (κ1) is 12.5. The van der Waals surface area contributed by atoms with E-state index in [1.807, 2.05) is 31.2 Å². The van der Waals surface area contributed by atoms with Gasteiger partial charge in [0.15, 0.2) is 0 Å². The van der Waals surface area contributed by atoms with Gasteiger partial charge >= 0.3 is 0 Å². The lowest BCUT2D eigenvalue weighted by atomic mass is 10.1. The van der Waals surface area contributed by atoms with Crippen molar-refractivity contribution in [2.24, 2.45) is 0 Å². The Labute approximate surface area is 103 Å². The highest BCUT2D eigenvalue weighted by Gasteiger charge is 2.08. The third-order valence-electron chi connectivity index (χ3n) is 2.05. The molecule has 0 radical (unpaired) electrons. The van der Waals surface area contributed by atoms with Gasteiger partial charge in [0.25, 0.3) is 0 Å². The number of carbonyl (C=O) groups is 1. The number of alkyl halides is 1. The van der Waals surface area contributed by atoms with Crippen molar-refractivity contribution in [1.29, 1.82) is 0 Å². The Morgan fingerprint density at radius 3 is 2.93 bits per heavy atom. The first-order chi connectivity index (χ1) is 7.13. The van der Waals surface area contributed by atoms with E-state index < -0.39 is 0 Å². The van der Waals surface area contributed by atoms with Gasteiger partial charge in [0.2, 0.25) is 5.91 Å².